The van der Waals surface area contributed by atoms with E-state index in [9.17, 15) is 9.59 Å². The Labute approximate surface area is 177 Å². The number of halogens is 1. The van der Waals surface area contributed by atoms with E-state index in [4.69, 9.17) is 16.1 Å². The summed E-state index contributed by atoms with van der Waals surface area (Å²) in [5.74, 6) is 0.649. The van der Waals surface area contributed by atoms with E-state index in [0.717, 1.165) is 11.3 Å². The molecule has 2 saturated heterocycles. The molecule has 2 fully saturated rings. The molecule has 152 valence electrons. The van der Waals surface area contributed by atoms with Crippen LogP contribution in [0.2, 0.25) is 5.02 Å². The Morgan fingerprint density at radius 3 is 2.53 bits per heavy atom. The zero-order chi connectivity index (χ0) is 20.7. The third-order valence-corrected chi connectivity index (χ3v) is 5.79. The van der Waals surface area contributed by atoms with Gasteiger partial charge in [0, 0.05) is 54.7 Å². The van der Waals surface area contributed by atoms with E-state index < -0.39 is 0 Å². The molecule has 4 heterocycles. The first-order chi connectivity index (χ1) is 14.6. The van der Waals surface area contributed by atoms with Crippen LogP contribution in [-0.2, 0) is 9.59 Å². The minimum atomic E-state index is -0.343. The second kappa shape index (κ2) is 7.53. The molecule has 2 aliphatic rings. The van der Waals surface area contributed by atoms with E-state index in [-0.39, 0.29) is 30.1 Å². The summed E-state index contributed by atoms with van der Waals surface area (Å²) >= 11 is 5.92. The summed E-state index contributed by atoms with van der Waals surface area (Å²) < 4.78 is 5.39. The number of amides is 2. The molecule has 0 bridgehead atoms. The zero-order valence-electron chi connectivity index (χ0n) is 15.9. The van der Waals surface area contributed by atoms with Crippen molar-refractivity contribution in [2.75, 3.05) is 24.5 Å². The number of carbonyl (C=O) groups excluding carboxylic acids is 2. The molecule has 1 unspecified atom stereocenters. The van der Waals surface area contributed by atoms with Crippen LogP contribution in [0, 0.1) is 5.92 Å². The standard InChI is InChI=1S/C21H18ClN5O3/c22-16-1-3-17(4-2-16)27-12-14(9-18(27)28)21(29)26-10-15(11-26)20-24-19(25-30-20)13-5-7-23-8-6-13/h1-8,14-15H,9-12H2. The van der Waals surface area contributed by atoms with Crippen LogP contribution in [0.1, 0.15) is 18.2 Å². The van der Waals surface area contributed by atoms with Gasteiger partial charge in [-0.2, -0.15) is 4.98 Å². The summed E-state index contributed by atoms with van der Waals surface area (Å²) in [6.45, 7) is 1.41. The number of rotatable bonds is 4. The molecule has 0 radical (unpaired) electrons. The minimum Gasteiger partial charge on any atom is -0.341 e. The van der Waals surface area contributed by atoms with Crippen molar-refractivity contribution in [3.05, 3.63) is 59.7 Å². The van der Waals surface area contributed by atoms with Gasteiger partial charge in [-0.1, -0.05) is 16.8 Å². The fourth-order valence-corrected chi connectivity index (χ4v) is 3.96. The molecule has 8 nitrogen and oxygen atoms in total. The van der Waals surface area contributed by atoms with Crippen LogP contribution in [0.5, 0.6) is 0 Å². The molecule has 0 saturated carbocycles. The molecule has 2 aromatic heterocycles. The number of benzene rings is 1. The number of likely N-dealkylation sites (tertiary alicyclic amines) is 1. The van der Waals surface area contributed by atoms with Gasteiger partial charge in [0.2, 0.25) is 23.5 Å². The smallest absolute Gasteiger partial charge is 0.233 e. The second-order valence-electron chi connectivity index (χ2n) is 7.51. The predicted octanol–water partition coefficient (Wildman–Crippen LogP) is 2.76. The number of carbonyl (C=O) groups is 2. The van der Waals surface area contributed by atoms with Crippen molar-refractivity contribution in [3.63, 3.8) is 0 Å². The SMILES string of the molecule is O=C(C1CC(=O)N(c2ccc(Cl)cc2)C1)N1CC(c2nc(-c3ccncc3)no2)C1. The molecule has 0 aliphatic carbocycles. The number of aromatic nitrogens is 3. The number of hydrogen-bond donors (Lipinski definition) is 0. The average Bonchev–Trinajstić information content (AvgIpc) is 3.35. The Kier molecular flexibility index (Phi) is 4.71. The third kappa shape index (κ3) is 3.43. The zero-order valence-corrected chi connectivity index (χ0v) is 16.7. The first-order valence-corrected chi connectivity index (χ1v) is 10.0. The number of pyridine rings is 1. The minimum absolute atomic E-state index is 0.00932. The lowest BCUT2D eigenvalue weighted by molar-refractivity contribution is -0.140. The van der Waals surface area contributed by atoms with Crippen molar-refractivity contribution in [2.45, 2.75) is 12.3 Å². The molecule has 5 rings (SSSR count). The van der Waals surface area contributed by atoms with E-state index in [1.54, 1.807) is 46.5 Å². The van der Waals surface area contributed by atoms with Crippen molar-refractivity contribution in [1.82, 2.24) is 20.0 Å². The maximum Gasteiger partial charge on any atom is 0.233 e. The summed E-state index contributed by atoms with van der Waals surface area (Å²) in [5.41, 5.74) is 1.59. The van der Waals surface area contributed by atoms with Crippen molar-refractivity contribution >= 4 is 29.1 Å². The summed E-state index contributed by atoms with van der Waals surface area (Å²) in [6.07, 6.45) is 3.56. The fraction of sp³-hybridized carbons (Fsp3) is 0.286. The van der Waals surface area contributed by atoms with E-state index in [0.29, 0.717) is 36.4 Å². The average molecular weight is 424 g/mol. The molecule has 1 aromatic carbocycles. The molecule has 30 heavy (non-hydrogen) atoms. The molecule has 3 aromatic rings. The molecule has 0 N–H and O–H groups in total. The van der Waals surface area contributed by atoms with Gasteiger partial charge in [-0.15, -0.1) is 0 Å². The van der Waals surface area contributed by atoms with Crippen molar-refractivity contribution in [2.24, 2.45) is 5.92 Å². The number of hydrogen-bond acceptors (Lipinski definition) is 6. The van der Waals surface area contributed by atoms with Crippen LogP contribution < -0.4 is 4.90 Å². The lowest BCUT2D eigenvalue weighted by atomic mass is 9.96. The fourth-order valence-electron chi connectivity index (χ4n) is 3.84. The predicted molar refractivity (Wildman–Crippen MR) is 109 cm³/mol. The monoisotopic (exact) mass is 423 g/mol. The molecule has 2 aliphatic heterocycles. The summed E-state index contributed by atoms with van der Waals surface area (Å²) in [5, 5.41) is 4.63. The van der Waals surface area contributed by atoms with Crippen LogP contribution in [-0.4, -0.2) is 51.5 Å². The highest BCUT2D eigenvalue weighted by molar-refractivity contribution is 6.30. The summed E-state index contributed by atoms with van der Waals surface area (Å²) in [7, 11) is 0. The lowest BCUT2D eigenvalue weighted by Crippen LogP contribution is -2.51. The van der Waals surface area contributed by atoms with E-state index >= 15 is 0 Å². The topological polar surface area (TPSA) is 92.4 Å². The number of nitrogens with zero attached hydrogens (tertiary/aromatic N) is 5. The van der Waals surface area contributed by atoms with Crippen molar-refractivity contribution in [3.8, 4) is 11.4 Å². The van der Waals surface area contributed by atoms with Gasteiger partial charge in [-0.3, -0.25) is 14.6 Å². The third-order valence-electron chi connectivity index (χ3n) is 5.54. The van der Waals surface area contributed by atoms with Crippen LogP contribution >= 0.6 is 11.6 Å². The Bertz CT molecular complexity index is 1080. The van der Waals surface area contributed by atoms with Gasteiger partial charge in [-0.05, 0) is 36.4 Å². The van der Waals surface area contributed by atoms with Crippen LogP contribution in [0.25, 0.3) is 11.4 Å². The highest BCUT2D eigenvalue weighted by Gasteiger charge is 2.42. The normalized spacial score (nSPS) is 19.2. The number of anilines is 1. The highest BCUT2D eigenvalue weighted by Crippen LogP contribution is 2.32. The van der Waals surface area contributed by atoms with Crippen LogP contribution in [0.3, 0.4) is 0 Å². The molecular formula is C21H18ClN5O3. The van der Waals surface area contributed by atoms with Gasteiger partial charge in [-0.25, -0.2) is 0 Å². The maximum absolute atomic E-state index is 12.9. The van der Waals surface area contributed by atoms with Gasteiger partial charge in [0.05, 0.1) is 11.8 Å². The van der Waals surface area contributed by atoms with Gasteiger partial charge in [0.1, 0.15) is 0 Å². The molecular weight excluding hydrogens is 406 g/mol. The maximum atomic E-state index is 12.9. The van der Waals surface area contributed by atoms with Crippen molar-refractivity contribution < 1.29 is 14.1 Å². The first kappa shape index (κ1) is 18.7. The van der Waals surface area contributed by atoms with E-state index in [2.05, 4.69) is 15.1 Å². The second-order valence-corrected chi connectivity index (χ2v) is 7.95. The molecule has 1 atom stereocenters. The Morgan fingerprint density at radius 1 is 1.07 bits per heavy atom. The highest BCUT2D eigenvalue weighted by atomic mass is 35.5. The quantitative estimate of drug-likeness (QED) is 0.640. The summed E-state index contributed by atoms with van der Waals surface area (Å²) in [6, 6.07) is 10.7. The largest absolute Gasteiger partial charge is 0.341 e. The summed E-state index contributed by atoms with van der Waals surface area (Å²) in [4.78, 5) is 37.1. The lowest BCUT2D eigenvalue weighted by Gasteiger charge is -2.38. The van der Waals surface area contributed by atoms with Gasteiger partial charge in [0.15, 0.2) is 0 Å². The Morgan fingerprint density at radius 2 is 1.80 bits per heavy atom. The van der Waals surface area contributed by atoms with Crippen molar-refractivity contribution in [1.29, 1.82) is 0 Å². The van der Waals surface area contributed by atoms with E-state index in [1.165, 1.54) is 0 Å². The van der Waals surface area contributed by atoms with Gasteiger partial charge in [0.25, 0.3) is 0 Å². The van der Waals surface area contributed by atoms with E-state index in [1.807, 2.05) is 12.1 Å². The molecule has 2 amide bonds. The molecule has 0 spiro atoms. The van der Waals surface area contributed by atoms with Crippen LogP contribution in [0.15, 0.2) is 53.3 Å². The Hall–Kier alpha value is -3.26. The Balaban J connectivity index is 1.20. The molecule has 9 heteroatoms. The van der Waals surface area contributed by atoms with Gasteiger partial charge >= 0.3 is 0 Å². The van der Waals surface area contributed by atoms with Gasteiger partial charge < -0.3 is 14.3 Å². The first-order valence-electron chi connectivity index (χ1n) is 9.67. The van der Waals surface area contributed by atoms with Crippen LogP contribution in [0.4, 0.5) is 5.69 Å².